The number of rotatable bonds is 13. The minimum atomic E-state index is 0.887. The van der Waals surface area contributed by atoms with Crippen LogP contribution in [-0.4, -0.2) is 0 Å². The Labute approximate surface area is 123 Å². The van der Waals surface area contributed by atoms with Gasteiger partial charge in [0, 0.05) is 0 Å². The Morgan fingerprint density at radius 2 is 1.26 bits per heavy atom. The minimum absolute atomic E-state index is 0.887. The van der Waals surface area contributed by atoms with E-state index in [2.05, 4.69) is 34.6 Å². The van der Waals surface area contributed by atoms with E-state index in [4.69, 9.17) is 0 Å². The van der Waals surface area contributed by atoms with Crippen LogP contribution in [0.4, 0.5) is 0 Å². The molecule has 0 aromatic heterocycles. The Bertz CT molecular complexity index is 171. The van der Waals surface area contributed by atoms with Crippen LogP contribution in [0.25, 0.3) is 0 Å². The lowest BCUT2D eigenvalue weighted by Crippen LogP contribution is -2.07. The monoisotopic (exact) mass is 268 g/mol. The molecule has 0 saturated heterocycles. The molecule has 0 rings (SSSR count). The summed E-state index contributed by atoms with van der Waals surface area (Å²) in [7, 11) is 0. The summed E-state index contributed by atoms with van der Waals surface area (Å²) in [6.07, 6.45) is 15.9. The number of hydrogen-bond acceptors (Lipinski definition) is 0. The van der Waals surface area contributed by atoms with Gasteiger partial charge in [-0.25, -0.2) is 0 Å². The van der Waals surface area contributed by atoms with Crippen molar-refractivity contribution in [3.05, 3.63) is 0 Å². The molecule has 2 unspecified atom stereocenters. The fourth-order valence-corrected chi connectivity index (χ4v) is 2.96. The highest BCUT2D eigenvalue weighted by atomic mass is 14.2. The maximum atomic E-state index is 2.44. The average molecular weight is 269 g/mol. The van der Waals surface area contributed by atoms with E-state index in [9.17, 15) is 0 Å². The van der Waals surface area contributed by atoms with Crippen LogP contribution in [0.5, 0.6) is 0 Å². The molecule has 0 saturated carbocycles. The zero-order valence-corrected chi connectivity index (χ0v) is 14.5. The normalized spacial score (nSPS) is 14.8. The van der Waals surface area contributed by atoms with Crippen LogP contribution < -0.4 is 0 Å². The summed E-state index contributed by atoms with van der Waals surface area (Å²) in [5.74, 6) is 2.83. The Hall–Kier alpha value is 0. The van der Waals surface area contributed by atoms with Crippen molar-refractivity contribution in [3.63, 3.8) is 0 Å². The standard InChI is InChI=1S/C19H40/c1-6-8-9-10-14-19(16-18(5)7-2)15-12-11-13-17(3)4/h17-19H,6-16H2,1-5H3. The molecular weight excluding hydrogens is 228 g/mol. The molecule has 0 N–H and O–H groups in total. The van der Waals surface area contributed by atoms with Crippen LogP contribution in [0, 0.1) is 17.8 Å². The lowest BCUT2D eigenvalue weighted by Gasteiger charge is -2.20. The summed E-state index contributed by atoms with van der Waals surface area (Å²) in [6, 6.07) is 0. The molecule has 0 bridgehead atoms. The average Bonchev–Trinajstić information content (AvgIpc) is 2.38. The zero-order valence-electron chi connectivity index (χ0n) is 14.5. The van der Waals surface area contributed by atoms with Crippen molar-refractivity contribution < 1.29 is 0 Å². The molecule has 116 valence electrons. The van der Waals surface area contributed by atoms with Crippen molar-refractivity contribution >= 4 is 0 Å². The predicted molar refractivity (Wildman–Crippen MR) is 89.6 cm³/mol. The zero-order chi connectivity index (χ0) is 14.5. The van der Waals surface area contributed by atoms with E-state index in [0.717, 1.165) is 17.8 Å². The quantitative estimate of drug-likeness (QED) is 0.309. The summed E-state index contributed by atoms with van der Waals surface area (Å²) in [4.78, 5) is 0. The lowest BCUT2D eigenvalue weighted by atomic mass is 9.86. The van der Waals surface area contributed by atoms with Crippen LogP contribution in [-0.2, 0) is 0 Å². The van der Waals surface area contributed by atoms with Crippen molar-refractivity contribution in [2.45, 2.75) is 105 Å². The highest BCUT2D eigenvalue weighted by Gasteiger charge is 2.12. The smallest absolute Gasteiger partial charge is 0.0412 e. The van der Waals surface area contributed by atoms with Crippen molar-refractivity contribution in [1.29, 1.82) is 0 Å². The summed E-state index contributed by atoms with van der Waals surface area (Å²) in [5, 5.41) is 0. The molecule has 2 atom stereocenters. The molecule has 0 aliphatic heterocycles. The highest BCUT2D eigenvalue weighted by Crippen LogP contribution is 2.26. The van der Waals surface area contributed by atoms with Gasteiger partial charge in [-0.15, -0.1) is 0 Å². The van der Waals surface area contributed by atoms with E-state index in [1.54, 1.807) is 0 Å². The third kappa shape index (κ3) is 12.8. The first-order chi connectivity index (χ1) is 9.10. The second kappa shape index (κ2) is 13.0. The van der Waals surface area contributed by atoms with E-state index >= 15 is 0 Å². The molecule has 0 aromatic rings. The number of unbranched alkanes of at least 4 members (excludes halogenated alkanes) is 4. The second-order valence-electron chi connectivity index (χ2n) is 7.14. The van der Waals surface area contributed by atoms with Gasteiger partial charge in [0.1, 0.15) is 0 Å². The maximum absolute atomic E-state index is 2.44. The van der Waals surface area contributed by atoms with E-state index < -0.39 is 0 Å². The van der Waals surface area contributed by atoms with E-state index in [1.807, 2.05) is 0 Å². The molecule has 0 aliphatic carbocycles. The maximum Gasteiger partial charge on any atom is -0.0412 e. The van der Waals surface area contributed by atoms with Crippen LogP contribution in [0.2, 0.25) is 0 Å². The SMILES string of the molecule is CCCCCCC(CCCCC(C)C)CC(C)CC. The first kappa shape index (κ1) is 19.0. The third-order valence-electron chi connectivity index (χ3n) is 4.54. The minimum Gasteiger partial charge on any atom is -0.0654 e. The van der Waals surface area contributed by atoms with Crippen LogP contribution >= 0.6 is 0 Å². The van der Waals surface area contributed by atoms with E-state index in [0.29, 0.717) is 0 Å². The van der Waals surface area contributed by atoms with Gasteiger partial charge >= 0.3 is 0 Å². The van der Waals surface area contributed by atoms with Crippen LogP contribution in [0.1, 0.15) is 105 Å². The van der Waals surface area contributed by atoms with Crippen molar-refractivity contribution in [2.24, 2.45) is 17.8 Å². The van der Waals surface area contributed by atoms with Gasteiger partial charge in [0.2, 0.25) is 0 Å². The Morgan fingerprint density at radius 1 is 0.684 bits per heavy atom. The summed E-state index contributed by atoms with van der Waals surface area (Å²) < 4.78 is 0. The Morgan fingerprint density at radius 3 is 1.79 bits per heavy atom. The molecule has 0 nitrogen and oxygen atoms in total. The molecule has 0 spiro atoms. The Balaban J connectivity index is 3.82. The topological polar surface area (TPSA) is 0 Å². The van der Waals surface area contributed by atoms with Gasteiger partial charge in [-0.1, -0.05) is 98.8 Å². The molecule has 0 aromatic carbocycles. The molecular formula is C19H40. The van der Waals surface area contributed by atoms with E-state index in [1.165, 1.54) is 70.6 Å². The lowest BCUT2D eigenvalue weighted by molar-refractivity contribution is 0.322. The fourth-order valence-electron chi connectivity index (χ4n) is 2.96. The van der Waals surface area contributed by atoms with Gasteiger partial charge in [-0.3, -0.25) is 0 Å². The molecule has 0 radical (unpaired) electrons. The van der Waals surface area contributed by atoms with Gasteiger partial charge in [-0.2, -0.15) is 0 Å². The van der Waals surface area contributed by atoms with Crippen LogP contribution in [0.15, 0.2) is 0 Å². The second-order valence-corrected chi connectivity index (χ2v) is 7.14. The molecule has 0 heteroatoms. The van der Waals surface area contributed by atoms with Gasteiger partial charge in [0.25, 0.3) is 0 Å². The fraction of sp³-hybridized carbons (Fsp3) is 1.00. The largest absolute Gasteiger partial charge is 0.0654 e. The first-order valence-electron chi connectivity index (χ1n) is 9.10. The third-order valence-corrected chi connectivity index (χ3v) is 4.54. The molecule has 0 amide bonds. The Kier molecular flexibility index (Phi) is 13.0. The summed E-state index contributed by atoms with van der Waals surface area (Å²) in [5.41, 5.74) is 0. The predicted octanol–water partition coefficient (Wildman–Crippen LogP) is 7.23. The van der Waals surface area contributed by atoms with Crippen molar-refractivity contribution in [1.82, 2.24) is 0 Å². The van der Waals surface area contributed by atoms with Gasteiger partial charge in [0.05, 0.1) is 0 Å². The van der Waals surface area contributed by atoms with Crippen molar-refractivity contribution in [2.75, 3.05) is 0 Å². The van der Waals surface area contributed by atoms with Crippen molar-refractivity contribution in [3.8, 4) is 0 Å². The van der Waals surface area contributed by atoms with Gasteiger partial charge in [0.15, 0.2) is 0 Å². The van der Waals surface area contributed by atoms with Crippen LogP contribution in [0.3, 0.4) is 0 Å². The molecule has 0 heterocycles. The molecule has 0 aliphatic rings. The summed E-state index contributed by atoms with van der Waals surface area (Å²) in [6.45, 7) is 11.8. The highest BCUT2D eigenvalue weighted by molar-refractivity contribution is 4.64. The number of hydrogen-bond donors (Lipinski definition) is 0. The summed E-state index contributed by atoms with van der Waals surface area (Å²) >= 11 is 0. The van der Waals surface area contributed by atoms with Gasteiger partial charge < -0.3 is 0 Å². The van der Waals surface area contributed by atoms with Gasteiger partial charge in [-0.05, 0) is 24.2 Å². The molecule has 0 fully saturated rings. The molecule has 19 heavy (non-hydrogen) atoms. The van der Waals surface area contributed by atoms with E-state index in [-0.39, 0.29) is 0 Å². The first-order valence-corrected chi connectivity index (χ1v) is 9.10.